The van der Waals surface area contributed by atoms with Crippen LogP contribution in [0.3, 0.4) is 0 Å². The standard InChI is InChI=1S/C26H25ClN2O5S/c1-28(16-19-7-3-2-4-8-19)25(30)18-34-26(31)21-11-12-23(27)24(15-21)35(32,33)29-14-13-20-9-5-6-10-22(20)17-29/h2-12,15H,13-14,16-18H2,1H3. The summed E-state index contributed by atoms with van der Waals surface area (Å²) in [5, 5.41) is 0.0130. The number of esters is 1. The van der Waals surface area contributed by atoms with E-state index in [9.17, 15) is 18.0 Å². The molecule has 1 aliphatic heterocycles. The Morgan fingerprint density at radius 3 is 2.43 bits per heavy atom. The summed E-state index contributed by atoms with van der Waals surface area (Å²) in [6.45, 7) is 0.452. The summed E-state index contributed by atoms with van der Waals surface area (Å²) in [4.78, 5) is 26.3. The van der Waals surface area contributed by atoms with Crippen LogP contribution in [0.25, 0.3) is 0 Å². The molecular formula is C26H25ClN2O5S. The van der Waals surface area contributed by atoms with Gasteiger partial charge in [-0.25, -0.2) is 13.2 Å². The quantitative estimate of drug-likeness (QED) is 0.448. The number of likely N-dealkylation sites (N-methyl/N-ethyl adjacent to an activating group) is 1. The molecule has 0 fully saturated rings. The van der Waals surface area contributed by atoms with Gasteiger partial charge in [0.2, 0.25) is 10.0 Å². The van der Waals surface area contributed by atoms with Crippen molar-refractivity contribution in [2.75, 3.05) is 20.2 Å². The van der Waals surface area contributed by atoms with E-state index in [1.165, 1.54) is 27.4 Å². The largest absolute Gasteiger partial charge is 0.452 e. The Bertz CT molecular complexity index is 1340. The summed E-state index contributed by atoms with van der Waals surface area (Å²) in [6, 6.07) is 21.1. The highest BCUT2D eigenvalue weighted by Crippen LogP contribution is 2.30. The second-order valence-corrected chi connectivity index (χ2v) is 10.6. The van der Waals surface area contributed by atoms with E-state index < -0.39 is 22.6 Å². The molecule has 35 heavy (non-hydrogen) atoms. The van der Waals surface area contributed by atoms with Crippen LogP contribution in [0.15, 0.2) is 77.7 Å². The van der Waals surface area contributed by atoms with Crippen LogP contribution in [0.5, 0.6) is 0 Å². The van der Waals surface area contributed by atoms with Gasteiger partial charge in [-0.15, -0.1) is 0 Å². The van der Waals surface area contributed by atoms with Crippen LogP contribution in [0, 0.1) is 0 Å². The van der Waals surface area contributed by atoms with Gasteiger partial charge >= 0.3 is 5.97 Å². The van der Waals surface area contributed by atoms with Crippen LogP contribution in [-0.2, 0) is 39.1 Å². The lowest BCUT2D eigenvalue weighted by atomic mass is 10.0. The number of benzene rings is 3. The predicted molar refractivity (Wildman–Crippen MR) is 132 cm³/mol. The van der Waals surface area contributed by atoms with Crippen LogP contribution in [0.4, 0.5) is 0 Å². The van der Waals surface area contributed by atoms with Gasteiger partial charge in [0.25, 0.3) is 5.91 Å². The monoisotopic (exact) mass is 512 g/mol. The first kappa shape index (κ1) is 24.9. The topological polar surface area (TPSA) is 84.0 Å². The van der Waals surface area contributed by atoms with Crippen LogP contribution < -0.4 is 0 Å². The Morgan fingerprint density at radius 2 is 1.69 bits per heavy atom. The lowest BCUT2D eigenvalue weighted by molar-refractivity contribution is -0.133. The number of amides is 1. The first-order valence-electron chi connectivity index (χ1n) is 11.1. The number of hydrogen-bond acceptors (Lipinski definition) is 5. The molecule has 1 aliphatic rings. The molecule has 7 nitrogen and oxygen atoms in total. The molecular weight excluding hydrogens is 488 g/mol. The molecule has 0 radical (unpaired) electrons. The van der Waals surface area contributed by atoms with E-state index in [1.54, 1.807) is 7.05 Å². The molecule has 0 saturated carbocycles. The maximum Gasteiger partial charge on any atom is 0.338 e. The minimum Gasteiger partial charge on any atom is -0.452 e. The fourth-order valence-corrected chi connectivity index (χ4v) is 5.83. The van der Waals surface area contributed by atoms with Crippen LogP contribution in [0.2, 0.25) is 5.02 Å². The summed E-state index contributed by atoms with van der Waals surface area (Å²) < 4.78 is 33.2. The zero-order chi connectivity index (χ0) is 25.0. The van der Waals surface area contributed by atoms with E-state index in [2.05, 4.69) is 0 Å². The van der Waals surface area contributed by atoms with Crippen molar-refractivity contribution in [1.82, 2.24) is 9.21 Å². The Hall–Kier alpha value is -3.20. The predicted octanol–water partition coefficient (Wildman–Crippen LogP) is 3.90. The summed E-state index contributed by atoms with van der Waals surface area (Å²) in [5.41, 5.74) is 3.00. The van der Waals surface area contributed by atoms with Gasteiger partial charge in [0.15, 0.2) is 6.61 Å². The molecule has 9 heteroatoms. The van der Waals surface area contributed by atoms with E-state index in [0.29, 0.717) is 19.5 Å². The van der Waals surface area contributed by atoms with Crippen molar-refractivity contribution in [2.45, 2.75) is 24.4 Å². The van der Waals surface area contributed by atoms with E-state index in [-0.39, 0.29) is 27.9 Å². The van der Waals surface area contributed by atoms with Gasteiger partial charge in [0.1, 0.15) is 4.90 Å². The highest BCUT2D eigenvalue weighted by atomic mass is 35.5. The zero-order valence-corrected chi connectivity index (χ0v) is 20.8. The second-order valence-electron chi connectivity index (χ2n) is 8.31. The van der Waals surface area contributed by atoms with Crippen molar-refractivity contribution in [3.05, 3.63) is 100 Å². The number of fused-ring (bicyclic) bond motifs is 1. The summed E-state index contributed by atoms with van der Waals surface area (Å²) >= 11 is 6.23. The van der Waals surface area contributed by atoms with E-state index in [4.69, 9.17) is 16.3 Å². The van der Waals surface area contributed by atoms with E-state index >= 15 is 0 Å². The van der Waals surface area contributed by atoms with Crippen molar-refractivity contribution in [1.29, 1.82) is 0 Å². The lowest BCUT2D eigenvalue weighted by Crippen LogP contribution is -2.36. The number of carbonyl (C=O) groups is 2. The third-order valence-corrected chi connectivity index (χ3v) is 8.22. The van der Waals surface area contributed by atoms with Gasteiger partial charge in [0, 0.05) is 26.7 Å². The fourth-order valence-electron chi connectivity index (χ4n) is 3.91. The molecule has 1 heterocycles. The molecule has 4 rings (SSSR count). The minimum atomic E-state index is -3.95. The van der Waals surface area contributed by atoms with E-state index in [1.807, 2.05) is 54.6 Å². The smallest absolute Gasteiger partial charge is 0.338 e. The third kappa shape index (κ3) is 5.73. The van der Waals surface area contributed by atoms with Crippen molar-refractivity contribution in [3.8, 4) is 0 Å². The third-order valence-electron chi connectivity index (χ3n) is 5.90. The van der Waals surface area contributed by atoms with Crippen molar-refractivity contribution in [3.63, 3.8) is 0 Å². The number of ether oxygens (including phenoxy) is 1. The molecule has 0 N–H and O–H groups in total. The zero-order valence-electron chi connectivity index (χ0n) is 19.2. The van der Waals surface area contributed by atoms with Crippen molar-refractivity contribution in [2.24, 2.45) is 0 Å². The van der Waals surface area contributed by atoms with Crippen LogP contribution >= 0.6 is 11.6 Å². The first-order chi connectivity index (χ1) is 16.8. The normalized spacial score (nSPS) is 13.7. The minimum absolute atomic E-state index is 0.00361. The highest BCUT2D eigenvalue weighted by Gasteiger charge is 2.30. The Labute approximate surface area is 209 Å². The molecule has 0 atom stereocenters. The molecule has 0 saturated heterocycles. The number of rotatable bonds is 7. The molecule has 0 aliphatic carbocycles. The Morgan fingerprint density at radius 1 is 1.00 bits per heavy atom. The summed E-state index contributed by atoms with van der Waals surface area (Å²) in [6.07, 6.45) is 0.591. The molecule has 3 aromatic carbocycles. The molecule has 1 amide bonds. The number of hydrogen-bond donors (Lipinski definition) is 0. The van der Waals surface area contributed by atoms with Gasteiger partial charge in [-0.3, -0.25) is 4.79 Å². The van der Waals surface area contributed by atoms with Gasteiger partial charge < -0.3 is 9.64 Å². The van der Waals surface area contributed by atoms with E-state index in [0.717, 1.165) is 16.7 Å². The first-order valence-corrected chi connectivity index (χ1v) is 12.9. The van der Waals surface area contributed by atoms with Gasteiger partial charge in [0.05, 0.1) is 10.6 Å². The number of carbonyl (C=O) groups excluding carboxylic acids is 2. The maximum atomic E-state index is 13.4. The van der Waals surface area contributed by atoms with Gasteiger partial charge in [-0.2, -0.15) is 4.31 Å². The fraction of sp³-hybridized carbons (Fsp3) is 0.231. The molecule has 3 aromatic rings. The Balaban J connectivity index is 1.44. The van der Waals surface area contributed by atoms with Crippen molar-refractivity contribution >= 4 is 33.5 Å². The lowest BCUT2D eigenvalue weighted by Gasteiger charge is -2.28. The molecule has 0 aromatic heterocycles. The maximum absolute atomic E-state index is 13.4. The molecule has 0 bridgehead atoms. The molecule has 182 valence electrons. The van der Waals surface area contributed by atoms with Crippen molar-refractivity contribution < 1.29 is 22.7 Å². The molecule has 0 spiro atoms. The average molecular weight is 513 g/mol. The Kier molecular flexibility index (Phi) is 7.54. The number of nitrogens with zero attached hydrogens (tertiary/aromatic N) is 2. The second kappa shape index (κ2) is 10.6. The number of sulfonamides is 1. The average Bonchev–Trinajstić information content (AvgIpc) is 2.87. The van der Waals surface area contributed by atoms with Crippen LogP contribution in [0.1, 0.15) is 27.0 Å². The van der Waals surface area contributed by atoms with Gasteiger partial charge in [-0.05, 0) is 41.3 Å². The highest BCUT2D eigenvalue weighted by molar-refractivity contribution is 7.89. The van der Waals surface area contributed by atoms with Crippen LogP contribution in [-0.4, -0.2) is 49.7 Å². The SMILES string of the molecule is CN(Cc1ccccc1)C(=O)COC(=O)c1ccc(Cl)c(S(=O)(=O)N2CCc3ccccc3C2)c1. The summed E-state index contributed by atoms with van der Waals surface area (Å²) in [7, 11) is -2.33. The summed E-state index contributed by atoms with van der Waals surface area (Å²) in [5.74, 6) is -1.18. The van der Waals surface area contributed by atoms with Gasteiger partial charge in [-0.1, -0.05) is 66.2 Å². The molecule has 0 unspecified atom stereocenters. The number of halogens is 1.